The van der Waals surface area contributed by atoms with Crippen molar-refractivity contribution in [2.24, 2.45) is 4.99 Å². The molecular weight excluding hydrogens is 642 g/mol. The van der Waals surface area contributed by atoms with Crippen LogP contribution in [0.5, 0.6) is 5.75 Å². The van der Waals surface area contributed by atoms with Gasteiger partial charge in [-0.25, -0.2) is 4.98 Å². The van der Waals surface area contributed by atoms with Gasteiger partial charge >= 0.3 is 33.0 Å². The number of thiocarbonyl (C=S) groups is 1. The van der Waals surface area contributed by atoms with Gasteiger partial charge in [-0.15, -0.1) is 0 Å². The summed E-state index contributed by atoms with van der Waals surface area (Å²) in [5.74, 6) is -2.08. The number of aromatic nitrogens is 2. The second-order valence-corrected chi connectivity index (χ2v) is 8.21. The van der Waals surface area contributed by atoms with Crippen LogP contribution in [-0.2, 0) is 55.5 Å². The standard InChI is InChI=1S/C21H33N5O.2C2H4O2.CNS.2Ni.H2O/c1-5-26(6-2)10-9-25(4)15-19-12-17(3)11-18(21(19)27)13-22-8-7-20-14-23-16-24-20;2*1-2(3)4;2-1-3;;;/h11-14,16,27H,5-10,15H2,1-4H3,(H,23,24);2*1H3,(H,3,4);;;;1H2/q;;;-1;2*+2;/p-3. The molecule has 0 unspecified atom stereocenters. The minimum atomic E-state index is -1.08. The maximum Gasteiger partial charge on any atom is 2.00 e. The van der Waals surface area contributed by atoms with Crippen LogP contribution in [0.25, 0.3) is 5.41 Å². The van der Waals surface area contributed by atoms with Crippen molar-refractivity contribution in [1.82, 2.24) is 19.8 Å². The minimum absolute atomic E-state index is 0. The Labute approximate surface area is 268 Å². The number of aromatic amines is 1. The summed E-state index contributed by atoms with van der Waals surface area (Å²) in [7, 11) is 2.07. The first-order valence-electron chi connectivity index (χ1n) is 12.0. The van der Waals surface area contributed by atoms with Crippen molar-refractivity contribution in [1.29, 1.82) is 0 Å². The van der Waals surface area contributed by atoms with E-state index in [9.17, 15) is 5.11 Å². The monoisotopic (exact) mass is 680 g/mol. The normalized spacial score (nSPS) is 9.27. The number of hydrogen-bond acceptors (Lipinski definition) is 10. The third kappa shape index (κ3) is 28.8. The zero-order valence-electron chi connectivity index (χ0n) is 24.2. The first-order chi connectivity index (χ1) is 17.9. The van der Waals surface area contributed by atoms with Gasteiger partial charge in [0.1, 0.15) is 0 Å². The van der Waals surface area contributed by atoms with Gasteiger partial charge in [-0.1, -0.05) is 49.5 Å². The van der Waals surface area contributed by atoms with E-state index in [0.717, 1.165) is 63.3 Å². The fourth-order valence-electron chi connectivity index (χ4n) is 3.08. The van der Waals surface area contributed by atoms with Crippen molar-refractivity contribution in [3.63, 3.8) is 0 Å². The van der Waals surface area contributed by atoms with E-state index in [0.29, 0.717) is 18.7 Å². The molecule has 2 rings (SSSR count). The largest absolute Gasteiger partial charge is 2.00 e. The van der Waals surface area contributed by atoms with Crippen molar-refractivity contribution in [2.75, 3.05) is 39.8 Å². The first kappa shape index (κ1) is 48.2. The van der Waals surface area contributed by atoms with Gasteiger partial charge in [0.05, 0.1) is 12.0 Å². The smallest absolute Gasteiger partial charge is 0.872 e. The van der Waals surface area contributed by atoms with Crippen LogP contribution in [0.2, 0.25) is 0 Å². The topological polar surface area (TPSA) is 205 Å². The maximum absolute atomic E-state index is 12.8. The molecule has 15 heteroatoms. The first-order valence-corrected chi connectivity index (χ1v) is 12.4. The van der Waals surface area contributed by atoms with Crippen LogP contribution in [0.3, 0.4) is 0 Å². The molecule has 0 fully saturated rings. The van der Waals surface area contributed by atoms with Crippen LogP contribution < -0.4 is 15.3 Å². The number of aliphatic imine (C=N–C) groups is 1. The number of H-pyrrole nitrogens is 1. The quantitative estimate of drug-likeness (QED) is 0.185. The average molecular weight is 682 g/mol. The fourth-order valence-corrected chi connectivity index (χ4v) is 3.08. The number of rotatable bonds is 11. The van der Waals surface area contributed by atoms with Crippen molar-refractivity contribution < 1.29 is 63.4 Å². The Morgan fingerprint density at radius 3 is 2.10 bits per heavy atom. The second-order valence-electron chi connectivity index (χ2n) is 8.03. The Hall–Kier alpha value is -2.49. The molecule has 0 saturated heterocycles. The third-order valence-corrected chi connectivity index (χ3v) is 4.75. The molecule has 0 aliphatic rings. The third-order valence-electron chi connectivity index (χ3n) is 4.75. The summed E-state index contributed by atoms with van der Waals surface area (Å²) >= 11 is 3.70. The summed E-state index contributed by atoms with van der Waals surface area (Å²) < 4.78 is 0. The predicted octanol–water partition coefficient (Wildman–Crippen LogP) is -0.432. The molecule has 0 aliphatic carbocycles. The molecule has 12 nitrogen and oxygen atoms in total. The summed E-state index contributed by atoms with van der Waals surface area (Å²) in [6.45, 7) is 13.7. The molecule has 0 saturated carbocycles. The molecule has 0 atom stereocenters. The summed E-state index contributed by atoms with van der Waals surface area (Å²) in [4.78, 5) is 33.9. The van der Waals surface area contributed by atoms with Crippen LogP contribution >= 0.6 is 12.2 Å². The molecule has 41 heavy (non-hydrogen) atoms. The summed E-state index contributed by atoms with van der Waals surface area (Å²) in [5, 5.41) is 39.0. The minimum Gasteiger partial charge on any atom is -0.872 e. The van der Waals surface area contributed by atoms with Gasteiger partial charge < -0.3 is 50.6 Å². The van der Waals surface area contributed by atoms with E-state index in [-0.39, 0.29) is 44.2 Å². The molecule has 236 valence electrons. The van der Waals surface area contributed by atoms with Gasteiger partial charge in [0, 0.05) is 56.9 Å². The van der Waals surface area contributed by atoms with E-state index in [1.165, 1.54) is 5.16 Å². The van der Waals surface area contributed by atoms with E-state index in [4.69, 9.17) is 25.2 Å². The number of likely N-dealkylation sites (N-methyl/N-ethyl adjacent to an activating group) is 2. The van der Waals surface area contributed by atoms with Gasteiger partial charge in [-0.05, 0) is 52.0 Å². The number of isothiocyanates is 1. The number of carboxylic acids is 2. The van der Waals surface area contributed by atoms with Gasteiger partial charge in [0.25, 0.3) is 0 Å². The number of carbonyl (C=O) groups is 2. The Balaban J connectivity index is -0.000000266. The van der Waals surface area contributed by atoms with Gasteiger partial charge in [0.15, 0.2) is 0 Å². The Kier molecular flexibility index (Phi) is 35.9. The van der Waals surface area contributed by atoms with Crippen LogP contribution in [0.15, 0.2) is 29.6 Å². The molecule has 0 bridgehead atoms. The van der Waals surface area contributed by atoms with Crippen molar-refractivity contribution in [2.45, 2.75) is 47.6 Å². The number of benzene rings is 1. The van der Waals surface area contributed by atoms with Crippen LogP contribution in [0.4, 0.5) is 0 Å². The van der Waals surface area contributed by atoms with Gasteiger partial charge in [-0.3, -0.25) is 4.99 Å². The summed E-state index contributed by atoms with van der Waals surface area (Å²) in [6, 6.07) is 3.91. The molecule has 3 N–H and O–H groups in total. The number of imidazole rings is 1. The van der Waals surface area contributed by atoms with E-state index >= 15 is 0 Å². The van der Waals surface area contributed by atoms with E-state index in [1.807, 2.05) is 25.3 Å². The Bertz CT molecular complexity index is 983. The number of nitrogens with one attached hydrogen (secondary N) is 1. The second kappa shape index (κ2) is 30.5. The number of aryl methyl sites for hydroxylation is 1. The number of carbonyl (C=O) groups excluding carboxylic acids is 2. The number of aliphatic carboxylic acids is 2. The molecule has 0 spiro atoms. The zero-order valence-corrected chi connectivity index (χ0v) is 26.9. The van der Waals surface area contributed by atoms with Crippen LogP contribution in [-0.4, -0.2) is 88.3 Å². The molecule has 1 aromatic carbocycles. The molecule has 0 radical (unpaired) electrons. The molecule has 0 aliphatic heterocycles. The fraction of sp³-hybridized carbons (Fsp3) is 0.500. The van der Waals surface area contributed by atoms with E-state index < -0.39 is 11.9 Å². The van der Waals surface area contributed by atoms with Gasteiger partial charge in [-0.2, -0.15) is 5.16 Å². The molecular formula is C26H40N6Ni2O6S. The van der Waals surface area contributed by atoms with Gasteiger partial charge in [0.2, 0.25) is 0 Å². The summed E-state index contributed by atoms with van der Waals surface area (Å²) in [6.07, 6.45) is 6.01. The molecule has 2 aromatic rings. The number of hydrogen-bond donors (Lipinski definition) is 1. The Morgan fingerprint density at radius 1 is 1.15 bits per heavy atom. The van der Waals surface area contributed by atoms with Crippen LogP contribution in [0, 0.1) is 6.92 Å². The number of nitrogens with zero attached hydrogens (tertiary/aromatic N) is 5. The van der Waals surface area contributed by atoms with E-state index in [2.05, 4.69) is 57.9 Å². The van der Waals surface area contributed by atoms with Crippen molar-refractivity contribution >= 4 is 35.5 Å². The molecule has 1 aromatic heterocycles. The Morgan fingerprint density at radius 2 is 1.66 bits per heavy atom. The summed E-state index contributed by atoms with van der Waals surface area (Å²) in [5.41, 5.74) is 3.58. The number of carboxylic acid groups (broad SMARTS) is 2. The maximum atomic E-state index is 12.8. The van der Waals surface area contributed by atoms with Crippen molar-refractivity contribution in [3.8, 4) is 5.75 Å². The molecule has 1 heterocycles. The SMILES string of the molecule is CC(=O)[O-].CC(=O)[O-].CCN(CC)CCN(C)Cc1cc(C)cc(C=NCCc2c[nH]cn2)c1[O-].O.[N-]=C=S.[Ni+2].[Ni+2]. The van der Waals surface area contributed by atoms with Crippen LogP contribution in [0.1, 0.15) is 50.1 Å². The predicted molar refractivity (Wildman–Crippen MR) is 150 cm³/mol. The van der Waals surface area contributed by atoms with E-state index in [1.54, 1.807) is 12.5 Å². The average Bonchev–Trinajstić information content (AvgIpc) is 3.33. The molecule has 0 amide bonds. The van der Waals surface area contributed by atoms with Crippen molar-refractivity contribution in [3.05, 3.63) is 52.5 Å². The zero-order chi connectivity index (χ0) is 29.5.